The van der Waals surface area contributed by atoms with E-state index in [0.29, 0.717) is 17.1 Å². The molecule has 160 valence electrons. The van der Waals surface area contributed by atoms with E-state index in [9.17, 15) is 14.0 Å². The Labute approximate surface area is 183 Å². The first-order valence-corrected chi connectivity index (χ1v) is 11.4. The lowest BCUT2D eigenvalue weighted by molar-refractivity contribution is -0.127. The van der Waals surface area contributed by atoms with Crippen molar-refractivity contribution < 1.29 is 14.0 Å². The van der Waals surface area contributed by atoms with Gasteiger partial charge in [0.25, 0.3) is 5.91 Å². The maximum atomic E-state index is 13.6. The van der Waals surface area contributed by atoms with Crippen molar-refractivity contribution in [3.05, 3.63) is 59.4 Å². The molecule has 5 rings (SSSR count). The van der Waals surface area contributed by atoms with Crippen molar-refractivity contribution in [2.24, 2.45) is 0 Å². The number of rotatable bonds is 4. The summed E-state index contributed by atoms with van der Waals surface area (Å²) in [6.45, 7) is 1.98. The molecule has 1 aromatic carbocycles. The Morgan fingerprint density at radius 2 is 1.97 bits per heavy atom. The predicted octanol–water partition coefficient (Wildman–Crippen LogP) is 4.23. The molecular weight excluding hydrogens is 415 g/mol. The highest BCUT2D eigenvalue weighted by atomic mass is 32.1. The SMILES string of the molecule is C[C@@]1(C(=O)NC2CCCC2)Cn2nc(-c3cccs3)cc2C(=O)N1c1ccc(F)cc1. The van der Waals surface area contributed by atoms with E-state index in [1.54, 1.807) is 41.1 Å². The highest BCUT2D eigenvalue weighted by molar-refractivity contribution is 7.13. The minimum absolute atomic E-state index is 0.121. The number of hydrogen-bond donors (Lipinski definition) is 1. The van der Waals surface area contributed by atoms with Crippen LogP contribution in [0.25, 0.3) is 10.6 Å². The number of anilines is 1. The fraction of sp³-hybridized carbons (Fsp3) is 0.348. The van der Waals surface area contributed by atoms with E-state index in [1.165, 1.54) is 17.0 Å². The molecule has 1 aliphatic carbocycles. The Bertz CT molecular complexity index is 1120. The van der Waals surface area contributed by atoms with Crippen LogP contribution in [0.4, 0.5) is 10.1 Å². The van der Waals surface area contributed by atoms with Crippen LogP contribution in [0.3, 0.4) is 0 Å². The quantitative estimate of drug-likeness (QED) is 0.663. The number of hydrogen-bond acceptors (Lipinski definition) is 4. The number of nitrogens with one attached hydrogen (secondary N) is 1. The van der Waals surface area contributed by atoms with Crippen LogP contribution in [0, 0.1) is 5.82 Å². The fourth-order valence-corrected chi connectivity index (χ4v) is 5.21. The minimum atomic E-state index is -1.19. The maximum Gasteiger partial charge on any atom is 0.277 e. The van der Waals surface area contributed by atoms with E-state index >= 15 is 0 Å². The van der Waals surface area contributed by atoms with Crippen LogP contribution in [0.15, 0.2) is 47.8 Å². The molecular formula is C23H23FN4O2S. The third kappa shape index (κ3) is 3.44. The van der Waals surface area contributed by atoms with Crippen LogP contribution in [0.2, 0.25) is 0 Å². The van der Waals surface area contributed by atoms with Gasteiger partial charge in [-0.2, -0.15) is 5.10 Å². The summed E-state index contributed by atoms with van der Waals surface area (Å²) in [5.41, 5.74) is 0.417. The zero-order chi connectivity index (χ0) is 21.6. The Kier molecular flexibility index (Phi) is 4.89. The van der Waals surface area contributed by atoms with Crippen LogP contribution in [-0.2, 0) is 11.3 Å². The third-order valence-electron chi connectivity index (χ3n) is 6.19. The molecule has 0 radical (unpaired) electrons. The second kappa shape index (κ2) is 7.60. The van der Waals surface area contributed by atoms with Crippen LogP contribution in [-0.4, -0.2) is 33.2 Å². The second-order valence-corrected chi connectivity index (χ2v) is 9.34. The third-order valence-corrected chi connectivity index (χ3v) is 7.08. The van der Waals surface area contributed by atoms with Gasteiger partial charge in [-0.3, -0.25) is 19.2 Å². The van der Waals surface area contributed by atoms with Crippen LogP contribution in [0.1, 0.15) is 43.1 Å². The summed E-state index contributed by atoms with van der Waals surface area (Å²) in [6.07, 6.45) is 4.08. The normalized spacial score (nSPS) is 21.4. The smallest absolute Gasteiger partial charge is 0.277 e. The van der Waals surface area contributed by atoms with Gasteiger partial charge < -0.3 is 5.32 Å². The van der Waals surface area contributed by atoms with Gasteiger partial charge in [0.1, 0.15) is 22.7 Å². The Balaban J connectivity index is 1.57. The van der Waals surface area contributed by atoms with Gasteiger partial charge in [-0.15, -0.1) is 11.3 Å². The van der Waals surface area contributed by atoms with Crippen LogP contribution in [0.5, 0.6) is 0 Å². The number of carbonyl (C=O) groups is 2. The number of benzene rings is 1. The van der Waals surface area contributed by atoms with Crippen molar-refractivity contribution in [3.63, 3.8) is 0 Å². The molecule has 0 saturated heterocycles. The summed E-state index contributed by atoms with van der Waals surface area (Å²) in [4.78, 5) is 29.6. The molecule has 3 heterocycles. The highest BCUT2D eigenvalue weighted by Crippen LogP contribution is 2.35. The first kappa shape index (κ1) is 19.9. The maximum absolute atomic E-state index is 13.6. The van der Waals surface area contributed by atoms with E-state index in [4.69, 9.17) is 0 Å². The average Bonchev–Trinajstić information content (AvgIpc) is 3.50. The molecule has 2 amide bonds. The molecule has 0 bridgehead atoms. The zero-order valence-electron chi connectivity index (χ0n) is 17.2. The van der Waals surface area contributed by atoms with Crippen molar-refractivity contribution in [1.82, 2.24) is 15.1 Å². The number of nitrogens with zero attached hydrogens (tertiary/aromatic N) is 3. The first-order valence-electron chi connectivity index (χ1n) is 10.5. The monoisotopic (exact) mass is 438 g/mol. The molecule has 0 unspecified atom stereocenters. The summed E-state index contributed by atoms with van der Waals surface area (Å²) in [5, 5.41) is 9.73. The summed E-state index contributed by atoms with van der Waals surface area (Å²) in [6, 6.07) is 11.5. The summed E-state index contributed by atoms with van der Waals surface area (Å²) in [5.74, 6) is -0.927. The van der Waals surface area contributed by atoms with Gasteiger partial charge >= 0.3 is 0 Å². The lowest BCUT2D eigenvalue weighted by Crippen LogP contribution is -2.65. The van der Waals surface area contributed by atoms with Gasteiger partial charge in [0, 0.05) is 11.7 Å². The zero-order valence-corrected chi connectivity index (χ0v) is 18.0. The lowest BCUT2D eigenvalue weighted by Gasteiger charge is -2.43. The highest BCUT2D eigenvalue weighted by Gasteiger charge is 2.49. The number of fused-ring (bicyclic) bond motifs is 1. The predicted molar refractivity (Wildman–Crippen MR) is 118 cm³/mol. The van der Waals surface area contributed by atoms with Crippen molar-refractivity contribution in [3.8, 4) is 10.6 Å². The van der Waals surface area contributed by atoms with Gasteiger partial charge in [0.05, 0.1) is 11.4 Å². The molecule has 2 aliphatic rings. The Morgan fingerprint density at radius 3 is 2.65 bits per heavy atom. The summed E-state index contributed by atoms with van der Waals surface area (Å²) in [7, 11) is 0. The average molecular weight is 439 g/mol. The Hall–Kier alpha value is -3.00. The van der Waals surface area contributed by atoms with Crippen molar-refractivity contribution in [1.29, 1.82) is 0 Å². The van der Waals surface area contributed by atoms with E-state index in [1.807, 2.05) is 17.5 Å². The van der Waals surface area contributed by atoms with Crippen LogP contribution >= 0.6 is 11.3 Å². The van der Waals surface area contributed by atoms with Crippen molar-refractivity contribution in [2.45, 2.75) is 50.7 Å². The van der Waals surface area contributed by atoms with Gasteiger partial charge in [0.2, 0.25) is 5.91 Å². The molecule has 0 spiro atoms. The topological polar surface area (TPSA) is 67.2 Å². The van der Waals surface area contributed by atoms with E-state index in [0.717, 1.165) is 30.6 Å². The molecule has 6 nitrogen and oxygen atoms in total. The van der Waals surface area contributed by atoms with Gasteiger partial charge in [0.15, 0.2) is 0 Å². The molecule has 1 N–H and O–H groups in total. The molecule has 2 aromatic heterocycles. The molecule has 1 saturated carbocycles. The molecule has 1 aliphatic heterocycles. The van der Waals surface area contributed by atoms with Crippen molar-refractivity contribution >= 4 is 28.8 Å². The van der Waals surface area contributed by atoms with Crippen LogP contribution < -0.4 is 10.2 Å². The second-order valence-electron chi connectivity index (χ2n) is 8.40. The van der Waals surface area contributed by atoms with Gasteiger partial charge in [-0.05, 0) is 61.5 Å². The summed E-state index contributed by atoms with van der Waals surface area (Å²) >= 11 is 1.55. The molecule has 8 heteroatoms. The van der Waals surface area contributed by atoms with Gasteiger partial charge in [-0.25, -0.2) is 4.39 Å². The molecule has 1 atom stereocenters. The lowest BCUT2D eigenvalue weighted by atomic mass is 9.93. The van der Waals surface area contributed by atoms with E-state index in [2.05, 4.69) is 10.4 Å². The number of aromatic nitrogens is 2. The fourth-order valence-electron chi connectivity index (χ4n) is 4.53. The van der Waals surface area contributed by atoms with Gasteiger partial charge in [-0.1, -0.05) is 18.9 Å². The number of carbonyl (C=O) groups excluding carboxylic acids is 2. The minimum Gasteiger partial charge on any atom is -0.351 e. The number of thiophene rings is 1. The first-order chi connectivity index (χ1) is 15.0. The largest absolute Gasteiger partial charge is 0.351 e. The number of halogens is 1. The van der Waals surface area contributed by atoms with Crippen molar-refractivity contribution in [2.75, 3.05) is 4.90 Å². The standard InChI is InChI=1S/C23H23FN4O2S/c1-23(22(30)25-16-5-2-3-6-16)14-27-19(13-18(26-27)20-7-4-12-31-20)21(29)28(23)17-10-8-15(24)9-11-17/h4,7-13,16H,2-3,5-6,14H2,1H3,(H,25,30)/t23-/m0/s1. The molecule has 31 heavy (non-hydrogen) atoms. The van der Waals surface area contributed by atoms with E-state index < -0.39 is 11.4 Å². The molecule has 3 aromatic rings. The Morgan fingerprint density at radius 1 is 1.23 bits per heavy atom. The van der Waals surface area contributed by atoms with E-state index in [-0.39, 0.29) is 24.4 Å². The number of amides is 2. The summed E-state index contributed by atoms with van der Waals surface area (Å²) < 4.78 is 15.2. The molecule has 1 fully saturated rings.